The van der Waals surface area contributed by atoms with E-state index in [9.17, 15) is 9.59 Å². The first-order chi connectivity index (χ1) is 12.5. The maximum Gasteiger partial charge on any atom is 0.317 e. The van der Waals surface area contributed by atoms with Crippen LogP contribution in [0.2, 0.25) is 0 Å². The molecule has 5 N–H and O–H groups in total. The van der Waals surface area contributed by atoms with Crippen LogP contribution in [0, 0.1) is 0 Å². The lowest BCUT2D eigenvalue weighted by Crippen LogP contribution is -2.30. The van der Waals surface area contributed by atoms with Gasteiger partial charge in [0, 0.05) is 16.5 Å². The number of carbonyl (C=O) groups excluding carboxylic acids is 2. The molecule has 2 aromatic rings. The average molecular weight is 374 g/mol. The highest BCUT2D eigenvalue weighted by molar-refractivity contribution is 7.20. The standard InChI is InChI=1S/C18H22N4O3S/c1-22-8-4-5-11(22)10-25-14-7-3-2-6-12(14)15-9-13(16(19)23)17(26-15)21-18(20)24/h2-3,6-7,9,11H,4-5,8,10H2,1H3,(H2,19,23)(H3,20,21,24)/t11-/m1/s1. The summed E-state index contributed by atoms with van der Waals surface area (Å²) in [5.41, 5.74) is 11.7. The lowest BCUT2D eigenvalue weighted by atomic mass is 10.1. The summed E-state index contributed by atoms with van der Waals surface area (Å²) in [6.07, 6.45) is 2.30. The summed E-state index contributed by atoms with van der Waals surface area (Å²) in [6.45, 7) is 1.69. The van der Waals surface area contributed by atoms with Gasteiger partial charge in [0.15, 0.2) is 0 Å². The third kappa shape index (κ3) is 3.97. The first-order valence-corrected chi connectivity index (χ1v) is 9.20. The number of para-hydroxylation sites is 1. The Hall–Kier alpha value is -2.58. The molecule has 1 aliphatic heterocycles. The van der Waals surface area contributed by atoms with Crippen LogP contribution in [0.4, 0.5) is 9.80 Å². The molecule has 0 unspecified atom stereocenters. The number of carbonyl (C=O) groups is 2. The fourth-order valence-corrected chi connectivity index (χ4v) is 4.18. The van der Waals surface area contributed by atoms with E-state index in [1.807, 2.05) is 24.3 Å². The highest BCUT2D eigenvalue weighted by Gasteiger charge is 2.22. The van der Waals surface area contributed by atoms with Gasteiger partial charge < -0.3 is 21.1 Å². The van der Waals surface area contributed by atoms with Crippen LogP contribution in [-0.4, -0.2) is 43.1 Å². The summed E-state index contributed by atoms with van der Waals surface area (Å²) in [5.74, 6) is 0.109. The van der Waals surface area contributed by atoms with E-state index in [0.717, 1.165) is 29.2 Å². The van der Waals surface area contributed by atoms with E-state index in [-0.39, 0.29) is 5.56 Å². The van der Waals surface area contributed by atoms with E-state index < -0.39 is 11.9 Å². The van der Waals surface area contributed by atoms with Crippen LogP contribution in [0.5, 0.6) is 5.75 Å². The highest BCUT2D eigenvalue weighted by atomic mass is 32.1. The van der Waals surface area contributed by atoms with Crippen molar-refractivity contribution in [1.82, 2.24) is 4.90 Å². The molecule has 0 radical (unpaired) electrons. The molecular formula is C18H22N4O3S. The molecular weight excluding hydrogens is 352 g/mol. The zero-order valence-electron chi connectivity index (χ0n) is 14.5. The molecule has 2 heterocycles. The second-order valence-electron chi connectivity index (χ2n) is 6.29. The fourth-order valence-electron chi connectivity index (χ4n) is 3.08. The summed E-state index contributed by atoms with van der Waals surface area (Å²) in [4.78, 5) is 25.9. The Morgan fingerprint density at radius 3 is 2.77 bits per heavy atom. The number of likely N-dealkylation sites (tertiary alicyclic amines) is 1. The summed E-state index contributed by atoms with van der Waals surface area (Å²) >= 11 is 1.24. The van der Waals surface area contributed by atoms with E-state index in [1.165, 1.54) is 17.8 Å². The minimum atomic E-state index is -0.741. The number of hydrogen-bond donors (Lipinski definition) is 3. The van der Waals surface area contributed by atoms with Crippen LogP contribution < -0.4 is 21.5 Å². The molecule has 1 aromatic heterocycles. The van der Waals surface area contributed by atoms with Gasteiger partial charge in [-0.25, -0.2) is 4.79 Å². The lowest BCUT2D eigenvalue weighted by Gasteiger charge is -2.20. The van der Waals surface area contributed by atoms with Gasteiger partial charge in [-0.15, -0.1) is 11.3 Å². The fraction of sp³-hybridized carbons (Fsp3) is 0.333. The van der Waals surface area contributed by atoms with Crippen LogP contribution in [-0.2, 0) is 0 Å². The lowest BCUT2D eigenvalue weighted by molar-refractivity contribution is 0.100. The number of anilines is 1. The molecule has 1 saturated heterocycles. The molecule has 0 bridgehead atoms. The Morgan fingerprint density at radius 1 is 1.35 bits per heavy atom. The van der Waals surface area contributed by atoms with Crippen molar-refractivity contribution >= 4 is 28.3 Å². The largest absolute Gasteiger partial charge is 0.491 e. The Morgan fingerprint density at radius 2 is 2.12 bits per heavy atom. The van der Waals surface area contributed by atoms with Crippen molar-refractivity contribution in [3.8, 4) is 16.2 Å². The van der Waals surface area contributed by atoms with Gasteiger partial charge in [0.05, 0.1) is 5.56 Å². The van der Waals surface area contributed by atoms with Crippen LogP contribution in [0.1, 0.15) is 23.2 Å². The third-order valence-corrected chi connectivity index (χ3v) is 5.57. The summed E-state index contributed by atoms with van der Waals surface area (Å²) in [6, 6.07) is 8.93. The van der Waals surface area contributed by atoms with E-state index in [1.54, 1.807) is 6.07 Å². The maximum absolute atomic E-state index is 11.7. The minimum absolute atomic E-state index is 0.231. The molecule has 0 spiro atoms. The molecule has 26 heavy (non-hydrogen) atoms. The van der Waals surface area contributed by atoms with Crippen LogP contribution in [0.3, 0.4) is 0 Å². The number of ether oxygens (including phenoxy) is 1. The predicted octanol–water partition coefficient (Wildman–Crippen LogP) is 2.48. The van der Waals surface area contributed by atoms with Crippen molar-refractivity contribution < 1.29 is 14.3 Å². The first-order valence-electron chi connectivity index (χ1n) is 8.38. The Kier molecular flexibility index (Phi) is 5.43. The number of benzene rings is 1. The monoisotopic (exact) mass is 374 g/mol. The van der Waals surface area contributed by atoms with Gasteiger partial charge >= 0.3 is 6.03 Å². The number of likely N-dealkylation sites (N-methyl/N-ethyl adjacent to an activating group) is 1. The minimum Gasteiger partial charge on any atom is -0.491 e. The SMILES string of the molecule is CN1CCC[C@@H]1COc1ccccc1-c1cc(C(N)=O)c(NC(N)=O)s1. The van der Waals surface area contributed by atoms with Gasteiger partial charge in [0.1, 0.15) is 17.4 Å². The summed E-state index contributed by atoms with van der Waals surface area (Å²) < 4.78 is 6.07. The van der Waals surface area contributed by atoms with Gasteiger partial charge in [-0.2, -0.15) is 0 Å². The van der Waals surface area contributed by atoms with Crippen LogP contribution >= 0.6 is 11.3 Å². The third-order valence-electron chi connectivity index (χ3n) is 4.49. The Balaban J connectivity index is 1.87. The molecule has 1 fully saturated rings. The molecule has 1 aromatic carbocycles. The zero-order chi connectivity index (χ0) is 18.7. The molecule has 0 saturated carbocycles. The van der Waals surface area contributed by atoms with Crippen molar-refractivity contribution in [1.29, 1.82) is 0 Å². The molecule has 3 amide bonds. The smallest absolute Gasteiger partial charge is 0.317 e. The van der Waals surface area contributed by atoms with E-state index in [4.69, 9.17) is 16.2 Å². The first kappa shape index (κ1) is 18.2. The number of rotatable bonds is 6. The molecule has 8 heteroatoms. The number of thiophene rings is 1. The topological polar surface area (TPSA) is 111 Å². The van der Waals surface area contributed by atoms with Gasteiger partial charge in [0.25, 0.3) is 5.91 Å². The Bertz CT molecular complexity index is 821. The number of hydrogen-bond acceptors (Lipinski definition) is 5. The zero-order valence-corrected chi connectivity index (χ0v) is 15.3. The maximum atomic E-state index is 11.7. The van der Waals surface area contributed by atoms with E-state index in [2.05, 4.69) is 17.3 Å². The van der Waals surface area contributed by atoms with Crippen molar-refractivity contribution in [2.24, 2.45) is 11.5 Å². The molecule has 138 valence electrons. The molecule has 0 aliphatic carbocycles. The molecule has 1 atom stereocenters. The summed E-state index contributed by atoms with van der Waals surface area (Å²) in [5, 5.41) is 2.79. The second-order valence-corrected chi connectivity index (χ2v) is 7.34. The number of nitrogens with zero attached hydrogens (tertiary/aromatic N) is 1. The van der Waals surface area contributed by atoms with Crippen LogP contribution in [0.15, 0.2) is 30.3 Å². The number of urea groups is 1. The number of nitrogens with two attached hydrogens (primary N) is 2. The predicted molar refractivity (Wildman–Crippen MR) is 103 cm³/mol. The average Bonchev–Trinajstić information content (AvgIpc) is 3.19. The molecule has 3 rings (SSSR count). The number of nitrogens with one attached hydrogen (secondary N) is 1. The van der Waals surface area contributed by atoms with Gasteiger partial charge in [0.2, 0.25) is 0 Å². The van der Waals surface area contributed by atoms with E-state index >= 15 is 0 Å². The van der Waals surface area contributed by atoms with Crippen molar-refractivity contribution in [2.45, 2.75) is 18.9 Å². The summed E-state index contributed by atoms with van der Waals surface area (Å²) in [7, 11) is 2.10. The van der Waals surface area contributed by atoms with Crippen LogP contribution in [0.25, 0.3) is 10.4 Å². The molecule has 7 nitrogen and oxygen atoms in total. The quantitative estimate of drug-likeness (QED) is 0.721. The van der Waals surface area contributed by atoms with Gasteiger partial charge in [-0.3, -0.25) is 10.1 Å². The van der Waals surface area contributed by atoms with Gasteiger partial charge in [-0.1, -0.05) is 12.1 Å². The van der Waals surface area contributed by atoms with Gasteiger partial charge in [-0.05, 0) is 44.6 Å². The number of amides is 3. The van der Waals surface area contributed by atoms with Crippen molar-refractivity contribution in [3.63, 3.8) is 0 Å². The molecule has 1 aliphatic rings. The number of primary amides is 2. The van der Waals surface area contributed by atoms with E-state index in [0.29, 0.717) is 17.6 Å². The highest BCUT2D eigenvalue weighted by Crippen LogP contribution is 2.39. The van der Waals surface area contributed by atoms with Crippen molar-refractivity contribution in [2.75, 3.05) is 25.5 Å². The van der Waals surface area contributed by atoms with Crippen molar-refractivity contribution in [3.05, 3.63) is 35.9 Å². The second kappa shape index (κ2) is 7.76. The normalized spacial score (nSPS) is 17.2. The Labute approximate surface area is 155 Å².